The fourth-order valence-corrected chi connectivity index (χ4v) is 3.01. The Morgan fingerprint density at radius 1 is 1.17 bits per heavy atom. The molecular formula is C21H23F3N4O2. The molecule has 0 fully saturated rings. The Morgan fingerprint density at radius 3 is 2.53 bits per heavy atom. The topological polar surface area (TPSA) is 69.0 Å². The summed E-state index contributed by atoms with van der Waals surface area (Å²) in [5.74, 6) is -0.0962. The standard InChI is InChI=1S/C21H23F3N4O2/c1-14(2)26-20(29)9-19-17-11-28(27-18(17)7-8-25-19)10-15-3-5-16(6-4-15)12-30-13-21(22,23)24/h3-8,11,14H,9-10,12-13H2,1-2H3,(H,26,29). The van der Waals surface area contributed by atoms with E-state index in [4.69, 9.17) is 0 Å². The molecule has 160 valence electrons. The third-order valence-corrected chi connectivity index (χ3v) is 4.24. The molecule has 1 N–H and O–H groups in total. The van der Waals surface area contributed by atoms with E-state index in [9.17, 15) is 18.0 Å². The number of pyridine rings is 1. The van der Waals surface area contributed by atoms with Gasteiger partial charge in [0, 0.05) is 23.8 Å². The molecule has 0 aliphatic carbocycles. The molecule has 2 aromatic heterocycles. The van der Waals surface area contributed by atoms with E-state index in [0.717, 1.165) is 16.5 Å². The van der Waals surface area contributed by atoms with Crippen molar-refractivity contribution in [2.45, 2.75) is 45.6 Å². The van der Waals surface area contributed by atoms with Crippen LogP contribution in [0.4, 0.5) is 13.2 Å². The molecule has 0 unspecified atom stereocenters. The number of nitrogens with zero attached hydrogens (tertiary/aromatic N) is 3. The van der Waals surface area contributed by atoms with Gasteiger partial charge in [-0.1, -0.05) is 24.3 Å². The van der Waals surface area contributed by atoms with Gasteiger partial charge >= 0.3 is 6.18 Å². The molecule has 0 bridgehead atoms. The minimum absolute atomic E-state index is 0.0567. The summed E-state index contributed by atoms with van der Waals surface area (Å²) >= 11 is 0. The smallest absolute Gasteiger partial charge is 0.367 e. The van der Waals surface area contributed by atoms with Crippen LogP contribution in [-0.4, -0.2) is 39.5 Å². The summed E-state index contributed by atoms with van der Waals surface area (Å²) < 4.78 is 42.9. The number of fused-ring (bicyclic) bond motifs is 1. The maximum Gasteiger partial charge on any atom is 0.411 e. The van der Waals surface area contributed by atoms with Crippen LogP contribution >= 0.6 is 0 Å². The molecule has 0 saturated heterocycles. The highest BCUT2D eigenvalue weighted by molar-refractivity contribution is 5.86. The van der Waals surface area contributed by atoms with Crippen LogP contribution in [0.25, 0.3) is 10.9 Å². The van der Waals surface area contributed by atoms with Crippen LogP contribution < -0.4 is 5.32 Å². The molecule has 0 radical (unpaired) electrons. The summed E-state index contributed by atoms with van der Waals surface area (Å²) in [6, 6.07) is 8.97. The second-order valence-corrected chi connectivity index (χ2v) is 7.34. The van der Waals surface area contributed by atoms with Gasteiger partial charge in [-0.25, -0.2) is 0 Å². The number of alkyl halides is 3. The van der Waals surface area contributed by atoms with Crippen molar-refractivity contribution in [3.63, 3.8) is 0 Å². The second kappa shape index (κ2) is 9.25. The van der Waals surface area contributed by atoms with Crippen molar-refractivity contribution in [1.82, 2.24) is 20.1 Å². The molecular weight excluding hydrogens is 397 g/mol. The van der Waals surface area contributed by atoms with Gasteiger partial charge in [0.2, 0.25) is 5.91 Å². The lowest BCUT2D eigenvalue weighted by atomic mass is 10.1. The number of benzene rings is 1. The summed E-state index contributed by atoms with van der Waals surface area (Å²) in [5, 5.41) is 8.20. The molecule has 9 heteroatoms. The Labute approximate surface area is 172 Å². The zero-order valence-corrected chi connectivity index (χ0v) is 16.7. The first-order chi connectivity index (χ1) is 14.2. The second-order valence-electron chi connectivity index (χ2n) is 7.34. The number of hydrogen-bond acceptors (Lipinski definition) is 4. The zero-order valence-electron chi connectivity index (χ0n) is 16.7. The lowest BCUT2D eigenvalue weighted by molar-refractivity contribution is -0.176. The first-order valence-electron chi connectivity index (χ1n) is 9.52. The molecule has 0 aliphatic heterocycles. The maximum atomic E-state index is 12.1. The number of halogens is 3. The minimum atomic E-state index is -4.33. The number of ether oxygens (including phenoxy) is 1. The molecule has 2 heterocycles. The van der Waals surface area contributed by atoms with Crippen molar-refractivity contribution in [3.05, 3.63) is 59.5 Å². The van der Waals surface area contributed by atoms with E-state index in [2.05, 4.69) is 20.1 Å². The SMILES string of the molecule is CC(C)NC(=O)Cc1nccc2nn(Cc3ccc(COCC(F)(F)F)cc3)cc12. The highest BCUT2D eigenvalue weighted by Crippen LogP contribution is 2.18. The van der Waals surface area contributed by atoms with Crippen LogP contribution in [0.15, 0.2) is 42.7 Å². The summed E-state index contributed by atoms with van der Waals surface area (Å²) in [7, 11) is 0. The van der Waals surface area contributed by atoms with E-state index in [1.165, 1.54) is 0 Å². The average molecular weight is 420 g/mol. The summed E-state index contributed by atoms with van der Waals surface area (Å²) in [5.41, 5.74) is 3.01. The van der Waals surface area contributed by atoms with Crippen molar-refractivity contribution in [3.8, 4) is 0 Å². The number of carbonyl (C=O) groups is 1. The van der Waals surface area contributed by atoms with Gasteiger partial charge in [-0.2, -0.15) is 18.3 Å². The van der Waals surface area contributed by atoms with Crippen LogP contribution in [0.5, 0.6) is 0 Å². The fraction of sp³-hybridized carbons (Fsp3) is 0.381. The summed E-state index contributed by atoms with van der Waals surface area (Å²) in [6.45, 7) is 2.92. The molecule has 0 atom stereocenters. The number of hydrogen-bond donors (Lipinski definition) is 1. The van der Waals surface area contributed by atoms with Crippen LogP contribution in [0, 0.1) is 0 Å². The lowest BCUT2D eigenvalue weighted by Gasteiger charge is -2.08. The number of carbonyl (C=O) groups excluding carboxylic acids is 1. The Morgan fingerprint density at radius 2 is 1.87 bits per heavy atom. The van der Waals surface area contributed by atoms with Crippen molar-refractivity contribution in [1.29, 1.82) is 0 Å². The number of aromatic nitrogens is 3. The van der Waals surface area contributed by atoms with Gasteiger partial charge in [0.05, 0.1) is 30.8 Å². The van der Waals surface area contributed by atoms with Gasteiger partial charge in [0.15, 0.2) is 0 Å². The molecule has 3 rings (SSSR count). The highest BCUT2D eigenvalue weighted by Gasteiger charge is 2.27. The lowest BCUT2D eigenvalue weighted by Crippen LogP contribution is -2.31. The van der Waals surface area contributed by atoms with E-state index < -0.39 is 12.8 Å². The third kappa shape index (κ3) is 6.28. The van der Waals surface area contributed by atoms with Gasteiger partial charge in [0.1, 0.15) is 6.61 Å². The van der Waals surface area contributed by atoms with E-state index in [1.54, 1.807) is 29.1 Å². The van der Waals surface area contributed by atoms with Crippen molar-refractivity contribution >= 4 is 16.8 Å². The predicted molar refractivity (Wildman–Crippen MR) is 106 cm³/mol. The molecule has 0 saturated carbocycles. The van der Waals surface area contributed by atoms with Crippen molar-refractivity contribution in [2.24, 2.45) is 0 Å². The van der Waals surface area contributed by atoms with Crippen LogP contribution in [0.2, 0.25) is 0 Å². The quantitative estimate of drug-likeness (QED) is 0.604. The molecule has 3 aromatic rings. The van der Waals surface area contributed by atoms with E-state index in [-0.39, 0.29) is 25.0 Å². The average Bonchev–Trinajstić information content (AvgIpc) is 3.05. The molecule has 1 amide bonds. The number of amides is 1. The largest absolute Gasteiger partial charge is 0.411 e. The van der Waals surface area contributed by atoms with Gasteiger partial charge in [-0.15, -0.1) is 0 Å². The minimum Gasteiger partial charge on any atom is -0.367 e. The first kappa shape index (κ1) is 21.8. The van der Waals surface area contributed by atoms with E-state index in [0.29, 0.717) is 17.8 Å². The summed E-state index contributed by atoms with van der Waals surface area (Å²) in [4.78, 5) is 16.4. The maximum absolute atomic E-state index is 12.1. The van der Waals surface area contributed by atoms with Gasteiger partial charge in [0.25, 0.3) is 0 Å². The van der Waals surface area contributed by atoms with E-state index >= 15 is 0 Å². The third-order valence-electron chi connectivity index (χ3n) is 4.24. The molecule has 30 heavy (non-hydrogen) atoms. The zero-order chi connectivity index (χ0) is 21.7. The Balaban J connectivity index is 1.66. The van der Waals surface area contributed by atoms with Gasteiger partial charge in [-0.05, 0) is 31.0 Å². The van der Waals surface area contributed by atoms with Crippen molar-refractivity contribution in [2.75, 3.05) is 6.61 Å². The molecule has 6 nitrogen and oxygen atoms in total. The normalized spacial score (nSPS) is 11.9. The van der Waals surface area contributed by atoms with Gasteiger partial charge < -0.3 is 10.1 Å². The monoisotopic (exact) mass is 420 g/mol. The highest BCUT2D eigenvalue weighted by atomic mass is 19.4. The van der Waals surface area contributed by atoms with Crippen LogP contribution in [0.1, 0.15) is 30.7 Å². The molecule has 1 aromatic carbocycles. The number of nitrogens with one attached hydrogen (secondary N) is 1. The Kier molecular flexibility index (Phi) is 6.71. The summed E-state index contributed by atoms with van der Waals surface area (Å²) in [6.07, 6.45) is -0.673. The van der Waals surface area contributed by atoms with E-state index in [1.807, 2.05) is 32.2 Å². The first-order valence-corrected chi connectivity index (χ1v) is 9.52. The van der Waals surface area contributed by atoms with Gasteiger partial charge in [-0.3, -0.25) is 14.5 Å². The van der Waals surface area contributed by atoms with Crippen molar-refractivity contribution < 1.29 is 22.7 Å². The fourth-order valence-electron chi connectivity index (χ4n) is 3.01. The van der Waals surface area contributed by atoms with Crippen LogP contribution in [-0.2, 0) is 29.1 Å². The van der Waals surface area contributed by atoms with Crippen LogP contribution in [0.3, 0.4) is 0 Å². The molecule has 0 aliphatic rings. The Bertz CT molecular complexity index is 998. The number of rotatable bonds is 8. The Hall–Kier alpha value is -2.94. The predicted octanol–water partition coefficient (Wildman–Crippen LogP) is 3.63. The molecule has 0 spiro atoms.